The Morgan fingerprint density at radius 2 is 2.00 bits per heavy atom. The van der Waals surface area contributed by atoms with Crippen LogP contribution in [-0.2, 0) is 6.42 Å². The van der Waals surface area contributed by atoms with Crippen molar-refractivity contribution in [1.82, 2.24) is 9.97 Å². The Morgan fingerprint density at radius 3 is 2.50 bits per heavy atom. The van der Waals surface area contributed by atoms with Crippen molar-refractivity contribution in [3.63, 3.8) is 0 Å². The molecule has 2 rings (SSSR count). The standard InChI is InChI=1S/C14H15N3S.C2H6/c1-4-12-13(9(2)3)17-14(18-12)11-5-10(6-15)7-16-8-11;1-2/h5,7-9H,4H2,1-3H3;1-2H3. The van der Waals surface area contributed by atoms with Gasteiger partial charge in [-0.15, -0.1) is 11.3 Å². The quantitative estimate of drug-likeness (QED) is 0.815. The van der Waals surface area contributed by atoms with E-state index in [2.05, 4.69) is 31.8 Å². The molecule has 0 fully saturated rings. The summed E-state index contributed by atoms with van der Waals surface area (Å²) in [5.74, 6) is 0.428. The zero-order chi connectivity index (χ0) is 15.1. The van der Waals surface area contributed by atoms with Crippen molar-refractivity contribution in [2.75, 3.05) is 0 Å². The number of nitrogens with zero attached hydrogens (tertiary/aromatic N) is 3. The number of hydrogen-bond acceptors (Lipinski definition) is 4. The van der Waals surface area contributed by atoms with Gasteiger partial charge in [-0.25, -0.2) is 4.98 Å². The Bertz CT molecular complexity index is 594. The number of rotatable bonds is 3. The van der Waals surface area contributed by atoms with Gasteiger partial charge in [-0.1, -0.05) is 34.6 Å². The Balaban J connectivity index is 0.000000956. The van der Waals surface area contributed by atoms with E-state index in [4.69, 9.17) is 10.2 Å². The zero-order valence-corrected chi connectivity index (χ0v) is 13.6. The van der Waals surface area contributed by atoms with Crippen LogP contribution in [0.5, 0.6) is 0 Å². The number of aryl methyl sites for hydroxylation is 1. The Kier molecular flexibility index (Phi) is 6.33. The summed E-state index contributed by atoms with van der Waals surface area (Å²) < 4.78 is 0. The normalized spacial score (nSPS) is 9.85. The van der Waals surface area contributed by atoms with Crippen LogP contribution in [0.3, 0.4) is 0 Å². The molecule has 0 saturated heterocycles. The largest absolute Gasteiger partial charge is 0.263 e. The molecule has 2 aromatic heterocycles. The van der Waals surface area contributed by atoms with Crippen LogP contribution in [0.2, 0.25) is 0 Å². The van der Waals surface area contributed by atoms with Gasteiger partial charge in [-0.3, -0.25) is 4.98 Å². The maximum atomic E-state index is 8.90. The first kappa shape index (κ1) is 16.3. The fourth-order valence-corrected chi connectivity index (χ4v) is 2.95. The maximum absolute atomic E-state index is 8.90. The number of pyridine rings is 1. The van der Waals surface area contributed by atoms with Crippen molar-refractivity contribution in [3.8, 4) is 16.6 Å². The van der Waals surface area contributed by atoms with Crippen molar-refractivity contribution in [2.45, 2.75) is 47.0 Å². The van der Waals surface area contributed by atoms with E-state index in [1.54, 1.807) is 23.7 Å². The summed E-state index contributed by atoms with van der Waals surface area (Å²) in [7, 11) is 0. The molecule has 0 N–H and O–H groups in total. The third kappa shape index (κ3) is 3.64. The summed E-state index contributed by atoms with van der Waals surface area (Å²) in [6, 6.07) is 3.95. The molecule has 106 valence electrons. The molecule has 4 heteroatoms. The SMILES string of the molecule is CC.CCc1sc(-c2cncc(C#N)c2)nc1C(C)C. The van der Waals surface area contributed by atoms with Crippen molar-refractivity contribution in [2.24, 2.45) is 0 Å². The van der Waals surface area contributed by atoms with E-state index < -0.39 is 0 Å². The number of thiazole rings is 1. The first-order valence-corrected chi connectivity index (χ1v) is 7.82. The third-order valence-corrected chi connectivity index (χ3v) is 3.97. The van der Waals surface area contributed by atoms with E-state index in [1.807, 2.05) is 19.9 Å². The van der Waals surface area contributed by atoms with E-state index >= 15 is 0 Å². The second-order valence-electron chi connectivity index (χ2n) is 4.41. The highest BCUT2D eigenvalue weighted by molar-refractivity contribution is 7.15. The van der Waals surface area contributed by atoms with Gasteiger partial charge in [0.25, 0.3) is 0 Å². The summed E-state index contributed by atoms with van der Waals surface area (Å²) >= 11 is 1.70. The third-order valence-electron chi connectivity index (χ3n) is 2.71. The molecule has 0 saturated carbocycles. The molecule has 0 spiro atoms. The van der Waals surface area contributed by atoms with E-state index in [0.29, 0.717) is 11.5 Å². The molecule has 0 aromatic carbocycles. The summed E-state index contributed by atoms with van der Waals surface area (Å²) in [6.07, 6.45) is 4.33. The first-order chi connectivity index (χ1) is 9.65. The van der Waals surface area contributed by atoms with Gasteiger partial charge >= 0.3 is 0 Å². The zero-order valence-electron chi connectivity index (χ0n) is 12.8. The van der Waals surface area contributed by atoms with Crippen LogP contribution in [0.4, 0.5) is 0 Å². The minimum atomic E-state index is 0.428. The van der Waals surface area contributed by atoms with Crippen LogP contribution in [0.1, 0.15) is 56.7 Å². The van der Waals surface area contributed by atoms with Crippen LogP contribution in [0.25, 0.3) is 10.6 Å². The van der Waals surface area contributed by atoms with Crippen LogP contribution < -0.4 is 0 Å². The molecule has 2 heterocycles. The maximum Gasteiger partial charge on any atom is 0.125 e. The average Bonchev–Trinajstić information content (AvgIpc) is 2.94. The summed E-state index contributed by atoms with van der Waals surface area (Å²) in [6.45, 7) is 10.5. The lowest BCUT2D eigenvalue weighted by Gasteiger charge is -2.01. The monoisotopic (exact) mass is 287 g/mol. The molecule has 2 aromatic rings. The molecule has 20 heavy (non-hydrogen) atoms. The van der Waals surface area contributed by atoms with Gasteiger partial charge in [0.15, 0.2) is 0 Å². The van der Waals surface area contributed by atoms with Crippen molar-refractivity contribution >= 4 is 11.3 Å². The van der Waals surface area contributed by atoms with Crippen molar-refractivity contribution in [3.05, 3.63) is 34.6 Å². The Hall–Kier alpha value is -1.73. The van der Waals surface area contributed by atoms with E-state index in [9.17, 15) is 0 Å². The smallest absolute Gasteiger partial charge is 0.125 e. The Labute approximate surface area is 125 Å². The highest BCUT2D eigenvalue weighted by Crippen LogP contribution is 2.31. The first-order valence-electron chi connectivity index (χ1n) is 7.00. The predicted molar refractivity (Wildman–Crippen MR) is 84.9 cm³/mol. The molecule has 3 nitrogen and oxygen atoms in total. The fraction of sp³-hybridized carbons (Fsp3) is 0.438. The molecule has 0 radical (unpaired) electrons. The van der Waals surface area contributed by atoms with Crippen LogP contribution in [0.15, 0.2) is 18.5 Å². The predicted octanol–water partition coefficient (Wildman–Crippen LogP) is 4.79. The summed E-state index contributed by atoms with van der Waals surface area (Å²) in [5, 5.41) is 9.85. The number of nitriles is 1. The van der Waals surface area contributed by atoms with Gasteiger partial charge in [-0.05, 0) is 18.4 Å². The van der Waals surface area contributed by atoms with Crippen molar-refractivity contribution < 1.29 is 0 Å². The van der Waals surface area contributed by atoms with Crippen LogP contribution >= 0.6 is 11.3 Å². The molecule has 0 aliphatic carbocycles. The number of hydrogen-bond donors (Lipinski definition) is 0. The lowest BCUT2D eigenvalue weighted by Crippen LogP contribution is -1.92. The van der Waals surface area contributed by atoms with Gasteiger partial charge in [-0.2, -0.15) is 5.26 Å². The van der Waals surface area contributed by atoms with Crippen LogP contribution in [-0.4, -0.2) is 9.97 Å². The highest BCUT2D eigenvalue weighted by Gasteiger charge is 2.14. The van der Waals surface area contributed by atoms with Crippen LogP contribution in [0, 0.1) is 11.3 Å². The van der Waals surface area contributed by atoms with Gasteiger partial charge in [0.05, 0.1) is 11.3 Å². The van der Waals surface area contributed by atoms with Gasteiger partial charge in [0, 0.05) is 22.8 Å². The van der Waals surface area contributed by atoms with Gasteiger partial charge in [0.2, 0.25) is 0 Å². The average molecular weight is 287 g/mol. The van der Waals surface area contributed by atoms with E-state index in [1.165, 1.54) is 10.6 Å². The molecule has 0 amide bonds. The van der Waals surface area contributed by atoms with E-state index in [0.717, 1.165) is 17.0 Å². The highest BCUT2D eigenvalue weighted by atomic mass is 32.1. The minimum absolute atomic E-state index is 0.428. The molecule has 0 atom stereocenters. The molecule has 0 bridgehead atoms. The minimum Gasteiger partial charge on any atom is -0.263 e. The van der Waals surface area contributed by atoms with E-state index in [-0.39, 0.29) is 0 Å². The molecular formula is C16H21N3S. The molecule has 0 aliphatic heterocycles. The lowest BCUT2D eigenvalue weighted by atomic mass is 10.1. The molecule has 0 aliphatic rings. The van der Waals surface area contributed by atoms with Gasteiger partial charge < -0.3 is 0 Å². The summed E-state index contributed by atoms with van der Waals surface area (Å²) in [5.41, 5.74) is 2.67. The molecular weight excluding hydrogens is 266 g/mol. The Morgan fingerprint density at radius 1 is 1.30 bits per heavy atom. The van der Waals surface area contributed by atoms with Gasteiger partial charge in [0.1, 0.15) is 11.1 Å². The fourth-order valence-electron chi connectivity index (χ4n) is 1.81. The second-order valence-corrected chi connectivity index (χ2v) is 5.49. The molecule has 0 unspecified atom stereocenters. The second kappa shape index (κ2) is 7.76. The lowest BCUT2D eigenvalue weighted by molar-refractivity contribution is 0.817. The number of aromatic nitrogens is 2. The van der Waals surface area contributed by atoms with Crippen molar-refractivity contribution in [1.29, 1.82) is 5.26 Å². The topological polar surface area (TPSA) is 49.6 Å². The summed E-state index contributed by atoms with van der Waals surface area (Å²) in [4.78, 5) is 10.1.